The van der Waals surface area contributed by atoms with Crippen molar-refractivity contribution in [2.24, 2.45) is 22.2 Å². The monoisotopic (exact) mass is 367 g/mol. The average molecular weight is 368 g/mol. The molecule has 3 aliphatic rings. The molecule has 150 valence electrons. The second-order valence-electron chi connectivity index (χ2n) is 8.43. The summed E-state index contributed by atoms with van der Waals surface area (Å²) in [5.74, 6) is 2.23. The van der Waals surface area contributed by atoms with Crippen LogP contribution in [0.1, 0.15) is 46.5 Å². The summed E-state index contributed by atoms with van der Waals surface area (Å²) in [5.41, 5.74) is 0.171. The third-order valence-corrected chi connectivity index (χ3v) is 6.15. The number of hydrogen-bond acceptors (Lipinski definition) is 4. The highest BCUT2D eigenvalue weighted by atomic mass is 16.5. The molecular formula is C20H37N3O3. The van der Waals surface area contributed by atoms with Crippen LogP contribution in [0.15, 0.2) is 4.99 Å². The van der Waals surface area contributed by atoms with Crippen LogP contribution in [0.25, 0.3) is 0 Å². The zero-order valence-electron chi connectivity index (χ0n) is 16.8. The minimum absolute atomic E-state index is 0.171. The summed E-state index contributed by atoms with van der Waals surface area (Å²) < 4.78 is 17.1. The molecule has 0 aromatic heterocycles. The first-order valence-electron chi connectivity index (χ1n) is 10.4. The Morgan fingerprint density at radius 3 is 2.77 bits per heavy atom. The van der Waals surface area contributed by atoms with Crippen LogP contribution in [-0.4, -0.2) is 64.2 Å². The quantitative estimate of drug-likeness (QED) is 0.391. The third-order valence-electron chi connectivity index (χ3n) is 6.15. The van der Waals surface area contributed by atoms with E-state index in [2.05, 4.69) is 31.4 Å². The van der Waals surface area contributed by atoms with E-state index in [9.17, 15) is 0 Å². The van der Waals surface area contributed by atoms with E-state index in [1.807, 2.05) is 0 Å². The van der Waals surface area contributed by atoms with Crippen molar-refractivity contribution in [3.8, 4) is 0 Å². The molecule has 0 radical (unpaired) electrons. The first-order valence-corrected chi connectivity index (χ1v) is 10.4. The van der Waals surface area contributed by atoms with Crippen LogP contribution < -0.4 is 10.6 Å². The molecule has 1 aliphatic carbocycles. The van der Waals surface area contributed by atoms with Gasteiger partial charge >= 0.3 is 0 Å². The molecule has 3 atom stereocenters. The van der Waals surface area contributed by atoms with Crippen molar-refractivity contribution in [3.05, 3.63) is 0 Å². The van der Waals surface area contributed by atoms with E-state index in [4.69, 9.17) is 19.2 Å². The molecule has 3 unspecified atom stereocenters. The lowest BCUT2D eigenvalue weighted by molar-refractivity contribution is -0.106. The van der Waals surface area contributed by atoms with Crippen molar-refractivity contribution in [2.75, 3.05) is 46.1 Å². The standard InChI is InChI=1S/C20H37N3O3/c1-4-21-19(23-17-16-8-13-26-18(16)20(17,2)3)22-9-5-10-25-14-15-6-11-24-12-7-15/h15-18H,4-14H2,1-3H3,(H2,21,22,23). The molecule has 2 N–H and O–H groups in total. The van der Waals surface area contributed by atoms with Crippen molar-refractivity contribution in [2.45, 2.75) is 58.6 Å². The fourth-order valence-corrected chi connectivity index (χ4v) is 4.61. The van der Waals surface area contributed by atoms with Crippen LogP contribution in [0.2, 0.25) is 0 Å². The van der Waals surface area contributed by atoms with Gasteiger partial charge in [-0.3, -0.25) is 4.99 Å². The first kappa shape index (κ1) is 19.9. The molecular weight excluding hydrogens is 330 g/mol. The summed E-state index contributed by atoms with van der Waals surface area (Å²) in [6.45, 7) is 12.7. The SMILES string of the molecule is CCNC(=NCCCOCC1CCOCC1)NC1C2CCOC2C1(C)C. The topological polar surface area (TPSA) is 64.1 Å². The number of hydrogen-bond donors (Lipinski definition) is 2. The van der Waals surface area contributed by atoms with Gasteiger partial charge in [0.2, 0.25) is 0 Å². The smallest absolute Gasteiger partial charge is 0.191 e. The summed E-state index contributed by atoms with van der Waals surface area (Å²) in [7, 11) is 0. The number of ether oxygens (including phenoxy) is 3. The van der Waals surface area contributed by atoms with Crippen LogP contribution >= 0.6 is 0 Å². The van der Waals surface area contributed by atoms with Gasteiger partial charge in [0, 0.05) is 63.5 Å². The lowest BCUT2D eigenvalue weighted by Crippen LogP contribution is -2.67. The number of aliphatic imine (C=N–C) groups is 1. The summed E-state index contributed by atoms with van der Waals surface area (Å²) >= 11 is 0. The molecule has 0 bridgehead atoms. The zero-order valence-corrected chi connectivity index (χ0v) is 16.8. The van der Waals surface area contributed by atoms with Crippen LogP contribution in [0.4, 0.5) is 0 Å². The van der Waals surface area contributed by atoms with Crippen LogP contribution in [0.5, 0.6) is 0 Å². The summed E-state index contributed by atoms with van der Waals surface area (Å²) in [4.78, 5) is 4.75. The molecule has 0 amide bonds. The Kier molecular flexibility index (Phi) is 7.18. The lowest BCUT2D eigenvalue weighted by atomic mass is 9.57. The molecule has 6 heteroatoms. The highest BCUT2D eigenvalue weighted by molar-refractivity contribution is 5.80. The van der Waals surface area contributed by atoms with E-state index in [1.54, 1.807) is 0 Å². The minimum Gasteiger partial charge on any atom is -0.381 e. The van der Waals surface area contributed by atoms with Crippen LogP contribution in [0, 0.1) is 17.3 Å². The molecule has 0 aromatic carbocycles. The van der Waals surface area contributed by atoms with Crippen molar-refractivity contribution < 1.29 is 14.2 Å². The molecule has 6 nitrogen and oxygen atoms in total. The Morgan fingerprint density at radius 1 is 1.19 bits per heavy atom. The van der Waals surface area contributed by atoms with E-state index in [-0.39, 0.29) is 5.41 Å². The van der Waals surface area contributed by atoms with Gasteiger partial charge in [0.25, 0.3) is 0 Å². The number of rotatable bonds is 8. The maximum Gasteiger partial charge on any atom is 0.191 e. The average Bonchev–Trinajstić information content (AvgIpc) is 3.10. The van der Waals surface area contributed by atoms with Gasteiger partial charge in [-0.15, -0.1) is 0 Å². The first-order chi connectivity index (χ1) is 12.6. The maximum absolute atomic E-state index is 5.89. The molecule has 2 saturated heterocycles. The summed E-state index contributed by atoms with van der Waals surface area (Å²) in [6, 6.07) is 0.442. The molecule has 2 aliphatic heterocycles. The Morgan fingerprint density at radius 2 is 2.00 bits per heavy atom. The fraction of sp³-hybridized carbons (Fsp3) is 0.950. The van der Waals surface area contributed by atoms with Gasteiger partial charge in [0.1, 0.15) is 0 Å². The van der Waals surface area contributed by atoms with Crippen molar-refractivity contribution in [1.29, 1.82) is 0 Å². The van der Waals surface area contributed by atoms with Crippen molar-refractivity contribution in [3.63, 3.8) is 0 Å². The summed E-state index contributed by atoms with van der Waals surface area (Å²) in [5, 5.41) is 7.05. The largest absolute Gasteiger partial charge is 0.381 e. The molecule has 3 rings (SSSR count). The lowest BCUT2D eigenvalue weighted by Gasteiger charge is -2.54. The minimum atomic E-state index is 0.171. The molecule has 0 aromatic rings. The molecule has 3 fully saturated rings. The molecule has 0 spiro atoms. The fourth-order valence-electron chi connectivity index (χ4n) is 4.61. The summed E-state index contributed by atoms with van der Waals surface area (Å²) in [6.07, 6.45) is 4.79. The van der Waals surface area contributed by atoms with E-state index < -0.39 is 0 Å². The van der Waals surface area contributed by atoms with Gasteiger partial charge in [-0.2, -0.15) is 0 Å². The number of nitrogens with one attached hydrogen (secondary N) is 2. The number of fused-ring (bicyclic) bond motifs is 1. The van der Waals surface area contributed by atoms with Gasteiger partial charge < -0.3 is 24.8 Å². The van der Waals surface area contributed by atoms with Gasteiger partial charge in [-0.25, -0.2) is 0 Å². The van der Waals surface area contributed by atoms with Crippen LogP contribution in [-0.2, 0) is 14.2 Å². The molecule has 26 heavy (non-hydrogen) atoms. The third kappa shape index (κ3) is 4.70. The molecule has 2 heterocycles. The van der Waals surface area contributed by atoms with Gasteiger partial charge in [-0.05, 0) is 38.5 Å². The van der Waals surface area contributed by atoms with Gasteiger partial charge in [0.15, 0.2) is 5.96 Å². The highest BCUT2D eigenvalue weighted by Crippen LogP contribution is 2.52. The van der Waals surface area contributed by atoms with Crippen molar-refractivity contribution >= 4 is 5.96 Å². The van der Waals surface area contributed by atoms with Gasteiger partial charge in [-0.1, -0.05) is 13.8 Å². The second-order valence-corrected chi connectivity index (χ2v) is 8.43. The Hall–Kier alpha value is -0.850. The Balaban J connectivity index is 1.37. The Bertz CT molecular complexity index is 463. The van der Waals surface area contributed by atoms with E-state index in [1.165, 1.54) is 0 Å². The van der Waals surface area contributed by atoms with E-state index in [0.717, 1.165) is 77.8 Å². The van der Waals surface area contributed by atoms with E-state index in [0.29, 0.717) is 24.0 Å². The van der Waals surface area contributed by atoms with Crippen molar-refractivity contribution in [1.82, 2.24) is 10.6 Å². The normalized spacial score (nSPS) is 31.3. The Labute approximate surface area is 158 Å². The van der Waals surface area contributed by atoms with E-state index >= 15 is 0 Å². The maximum atomic E-state index is 5.89. The predicted molar refractivity (Wildman–Crippen MR) is 104 cm³/mol. The predicted octanol–water partition coefficient (Wildman–Crippen LogP) is 2.19. The zero-order chi connectivity index (χ0) is 18.4. The number of nitrogens with zero attached hydrogens (tertiary/aromatic N) is 1. The van der Waals surface area contributed by atoms with Gasteiger partial charge in [0.05, 0.1) is 6.10 Å². The second kappa shape index (κ2) is 9.38. The number of guanidine groups is 1. The highest BCUT2D eigenvalue weighted by Gasteiger charge is 2.59. The molecule has 1 saturated carbocycles. The van der Waals surface area contributed by atoms with Crippen LogP contribution in [0.3, 0.4) is 0 Å².